The van der Waals surface area contributed by atoms with Gasteiger partial charge in [0.05, 0.1) is 0 Å². The van der Waals surface area contributed by atoms with E-state index in [2.05, 4.69) is 0 Å². The highest BCUT2D eigenvalue weighted by Crippen LogP contribution is 2.23. The first kappa shape index (κ1) is 11.6. The van der Waals surface area contributed by atoms with Crippen LogP contribution in [0.25, 0.3) is 0 Å². The van der Waals surface area contributed by atoms with Crippen molar-refractivity contribution in [1.29, 1.82) is 0 Å². The van der Waals surface area contributed by atoms with Crippen LogP contribution in [0.1, 0.15) is 32.6 Å². The molecule has 0 N–H and O–H groups in total. The first-order chi connectivity index (χ1) is 6.53. The van der Waals surface area contributed by atoms with Crippen molar-refractivity contribution in [3.63, 3.8) is 0 Å². The van der Waals surface area contributed by atoms with Crippen molar-refractivity contribution in [1.82, 2.24) is 4.90 Å². The molecule has 1 aliphatic heterocycles. The van der Waals surface area contributed by atoms with Gasteiger partial charge in [-0.2, -0.15) is 0 Å². The molecule has 1 aliphatic rings. The normalized spacial score (nSPS) is 24.1. The molecule has 0 saturated carbocycles. The van der Waals surface area contributed by atoms with Crippen molar-refractivity contribution in [3.8, 4) is 0 Å². The SMILES string of the molecule is CC(F)(F)CCN1CCCC1CC=O. The van der Waals surface area contributed by atoms with Crippen LogP contribution in [0.2, 0.25) is 0 Å². The van der Waals surface area contributed by atoms with Gasteiger partial charge in [0.15, 0.2) is 0 Å². The van der Waals surface area contributed by atoms with Gasteiger partial charge >= 0.3 is 0 Å². The zero-order valence-corrected chi connectivity index (χ0v) is 8.51. The molecule has 1 fully saturated rings. The Morgan fingerprint density at radius 3 is 2.86 bits per heavy atom. The second kappa shape index (κ2) is 4.82. The first-order valence-electron chi connectivity index (χ1n) is 5.08. The van der Waals surface area contributed by atoms with Crippen molar-refractivity contribution in [2.45, 2.75) is 44.6 Å². The fraction of sp³-hybridized carbons (Fsp3) is 0.900. The lowest BCUT2D eigenvalue weighted by Crippen LogP contribution is -2.33. The van der Waals surface area contributed by atoms with Gasteiger partial charge in [0.1, 0.15) is 6.29 Å². The van der Waals surface area contributed by atoms with E-state index in [1.54, 1.807) is 0 Å². The molecule has 2 nitrogen and oxygen atoms in total. The summed E-state index contributed by atoms with van der Waals surface area (Å²) in [7, 11) is 0. The third-order valence-corrected chi connectivity index (χ3v) is 2.71. The molecule has 82 valence electrons. The van der Waals surface area contributed by atoms with E-state index in [0.717, 1.165) is 32.6 Å². The molecule has 1 atom stereocenters. The summed E-state index contributed by atoms with van der Waals surface area (Å²) in [5.41, 5.74) is 0. The van der Waals surface area contributed by atoms with E-state index < -0.39 is 5.92 Å². The van der Waals surface area contributed by atoms with Gasteiger partial charge in [-0.05, 0) is 26.3 Å². The first-order valence-corrected chi connectivity index (χ1v) is 5.08. The smallest absolute Gasteiger partial charge is 0.246 e. The molecular weight excluding hydrogens is 188 g/mol. The standard InChI is InChI=1S/C10H17F2NO/c1-10(11,12)5-7-13-6-2-3-9(13)4-8-14/h8-9H,2-7H2,1H3. The van der Waals surface area contributed by atoms with E-state index in [9.17, 15) is 13.6 Å². The topological polar surface area (TPSA) is 20.3 Å². The van der Waals surface area contributed by atoms with Crippen molar-refractivity contribution in [2.75, 3.05) is 13.1 Å². The Morgan fingerprint density at radius 1 is 1.57 bits per heavy atom. The third kappa shape index (κ3) is 3.70. The lowest BCUT2D eigenvalue weighted by atomic mass is 10.1. The molecule has 0 amide bonds. The molecule has 0 aromatic carbocycles. The van der Waals surface area contributed by atoms with Gasteiger partial charge in [-0.15, -0.1) is 0 Å². The highest BCUT2D eigenvalue weighted by Gasteiger charge is 2.28. The van der Waals surface area contributed by atoms with E-state index in [1.807, 2.05) is 4.90 Å². The molecule has 0 aromatic rings. The van der Waals surface area contributed by atoms with Crippen LogP contribution in [0, 0.1) is 0 Å². The summed E-state index contributed by atoms with van der Waals surface area (Å²) in [4.78, 5) is 12.3. The highest BCUT2D eigenvalue weighted by molar-refractivity contribution is 5.50. The molecule has 1 heterocycles. The second-order valence-electron chi connectivity index (χ2n) is 4.05. The number of aldehydes is 1. The average molecular weight is 205 g/mol. The van der Waals surface area contributed by atoms with Crippen molar-refractivity contribution in [3.05, 3.63) is 0 Å². The molecule has 1 unspecified atom stereocenters. The fourth-order valence-corrected chi connectivity index (χ4v) is 1.91. The number of carbonyl (C=O) groups is 1. The molecule has 4 heteroatoms. The summed E-state index contributed by atoms with van der Waals surface area (Å²) in [6, 6.07) is 0.204. The Hall–Kier alpha value is -0.510. The summed E-state index contributed by atoms with van der Waals surface area (Å²) < 4.78 is 25.2. The second-order valence-corrected chi connectivity index (χ2v) is 4.05. The quantitative estimate of drug-likeness (QED) is 0.640. The van der Waals surface area contributed by atoms with Gasteiger partial charge in [-0.25, -0.2) is 8.78 Å². The Balaban J connectivity index is 2.32. The summed E-state index contributed by atoms with van der Waals surface area (Å²) in [6.45, 7) is 2.20. The average Bonchev–Trinajstić information content (AvgIpc) is 2.48. The molecule has 0 radical (unpaired) electrons. The molecule has 0 bridgehead atoms. The monoisotopic (exact) mass is 205 g/mol. The summed E-state index contributed by atoms with van der Waals surface area (Å²) in [5, 5.41) is 0. The van der Waals surface area contributed by atoms with Crippen LogP contribution in [0.3, 0.4) is 0 Å². The van der Waals surface area contributed by atoms with Gasteiger partial charge < -0.3 is 4.79 Å². The number of nitrogens with zero attached hydrogens (tertiary/aromatic N) is 1. The molecule has 0 aliphatic carbocycles. The van der Waals surface area contributed by atoms with E-state index in [4.69, 9.17) is 0 Å². The number of rotatable bonds is 5. The van der Waals surface area contributed by atoms with Crippen LogP contribution >= 0.6 is 0 Å². The van der Waals surface area contributed by atoms with Crippen LogP contribution in [-0.2, 0) is 4.79 Å². The van der Waals surface area contributed by atoms with Crippen LogP contribution in [0.4, 0.5) is 8.78 Å². The molecule has 1 saturated heterocycles. The lowest BCUT2D eigenvalue weighted by molar-refractivity contribution is -0.108. The number of hydrogen-bond acceptors (Lipinski definition) is 2. The molecule has 1 rings (SSSR count). The zero-order valence-electron chi connectivity index (χ0n) is 8.51. The Morgan fingerprint density at radius 2 is 2.29 bits per heavy atom. The number of likely N-dealkylation sites (tertiary alicyclic amines) is 1. The number of alkyl halides is 2. The predicted octanol–water partition coefficient (Wildman–Crippen LogP) is 2.09. The Labute approximate surface area is 83.3 Å². The van der Waals surface area contributed by atoms with Crippen LogP contribution in [0.5, 0.6) is 0 Å². The van der Waals surface area contributed by atoms with Gasteiger partial charge in [0.2, 0.25) is 5.92 Å². The van der Waals surface area contributed by atoms with Crippen molar-refractivity contribution < 1.29 is 13.6 Å². The number of halogens is 2. The van der Waals surface area contributed by atoms with Gasteiger partial charge in [0.25, 0.3) is 0 Å². The Bertz CT molecular complexity index is 191. The zero-order chi connectivity index (χ0) is 10.6. The summed E-state index contributed by atoms with van der Waals surface area (Å²) in [5.74, 6) is -2.59. The number of hydrogen-bond donors (Lipinski definition) is 0. The minimum atomic E-state index is -2.59. The summed E-state index contributed by atoms with van der Waals surface area (Å²) in [6.07, 6.45) is 3.24. The number of carbonyl (C=O) groups excluding carboxylic acids is 1. The fourth-order valence-electron chi connectivity index (χ4n) is 1.91. The maximum Gasteiger partial charge on any atom is 0.246 e. The van der Waals surface area contributed by atoms with E-state index >= 15 is 0 Å². The van der Waals surface area contributed by atoms with Crippen molar-refractivity contribution >= 4 is 6.29 Å². The lowest BCUT2D eigenvalue weighted by Gasteiger charge is -2.24. The van der Waals surface area contributed by atoms with Gasteiger partial charge in [0, 0.05) is 25.4 Å². The van der Waals surface area contributed by atoms with Crippen molar-refractivity contribution in [2.24, 2.45) is 0 Å². The summed E-state index contributed by atoms with van der Waals surface area (Å²) >= 11 is 0. The van der Waals surface area contributed by atoms with E-state index in [0.29, 0.717) is 13.0 Å². The predicted molar refractivity (Wildman–Crippen MR) is 50.5 cm³/mol. The highest BCUT2D eigenvalue weighted by atomic mass is 19.3. The van der Waals surface area contributed by atoms with Crippen LogP contribution in [-0.4, -0.2) is 36.2 Å². The largest absolute Gasteiger partial charge is 0.303 e. The van der Waals surface area contributed by atoms with E-state index in [1.165, 1.54) is 0 Å². The van der Waals surface area contributed by atoms with E-state index in [-0.39, 0.29) is 12.5 Å². The Kier molecular flexibility index (Phi) is 3.98. The van der Waals surface area contributed by atoms with Gasteiger partial charge in [-0.3, -0.25) is 4.90 Å². The molecule has 0 spiro atoms. The van der Waals surface area contributed by atoms with Crippen LogP contribution in [0.15, 0.2) is 0 Å². The third-order valence-electron chi connectivity index (χ3n) is 2.71. The maximum atomic E-state index is 12.6. The minimum absolute atomic E-state index is 0.109. The minimum Gasteiger partial charge on any atom is -0.303 e. The molecule has 14 heavy (non-hydrogen) atoms. The molecule has 0 aromatic heterocycles. The maximum absolute atomic E-state index is 12.6. The molecular formula is C10H17F2NO. The van der Waals surface area contributed by atoms with Gasteiger partial charge in [-0.1, -0.05) is 0 Å². The van der Waals surface area contributed by atoms with Crippen LogP contribution < -0.4 is 0 Å².